The fraction of sp³-hybridized carbons (Fsp3) is 0.400. The Bertz CT molecular complexity index is 866. The first-order valence-corrected chi connectivity index (χ1v) is 10.0. The highest BCUT2D eigenvalue weighted by molar-refractivity contribution is 5.82. The molecule has 1 aliphatic heterocycles. The monoisotopic (exact) mass is 448 g/mol. The number of hydrogen-bond donors (Lipinski definition) is 6. The number of benzene rings is 1. The molecule has 0 aromatic heterocycles. The van der Waals surface area contributed by atoms with Crippen LogP contribution in [0.1, 0.15) is 31.7 Å². The number of hydroxylamine groups is 1. The maximum atomic E-state index is 12.2. The van der Waals surface area contributed by atoms with Gasteiger partial charge in [0.05, 0.1) is 24.4 Å². The Morgan fingerprint density at radius 1 is 1.28 bits per heavy atom. The van der Waals surface area contributed by atoms with Crippen LogP contribution in [0.15, 0.2) is 35.3 Å². The van der Waals surface area contributed by atoms with Crippen molar-refractivity contribution in [3.05, 3.63) is 35.9 Å². The molecule has 12 heteroatoms. The lowest BCUT2D eigenvalue weighted by Gasteiger charge is -2.16. The van der Waals surface area contributed by atoms with Crippen LogP contribution >= 0.6 is 0 Å². The van der Waals surface area contributed by atoms with Crippen molar-refractivity contribution in [2.24, 2.45) is 16.5 Å². The van der Waals surface area contributed by atoms with Crippen LogP contribution in [0.25, 0.3) is 5.70 Å². The molecule has 174 valence electrons. The summed E-state index contributed by atoms with van der Waals surface area (Å²) in [6.07, 6.45) is 1.79. The number of carbonyl (C=O) groups excluding carboxylic acids is 2. The Morgan fingerprint density at radius 2 is 2.00 bits per heavy atom. The molecule has 0 radical (unpaired) electrons. The largest absolute Gasteiger partial charge is 0.480 e. The van der Waals surface area contributed by atoms with Gasteiger partial charge in [0.15, 0.2) is 5.96 Å². The minimum absolute atomic E-state index is 0.0425. The van der Waals surface area contributed by atoms with Gasteiger partial charge in [-0.3, -0.25) is 15.1 Å². The SMILES string of the molecule is CCCCOC(=O)N[C@@H](CNC(=O)C[C@H]1C=C(c2ccc(N=C(N)N)cc2)NO1)C(=O)O. The minimum Gasteiger partial charge on any atom is -0.480 e. The molecule has 0 spiro atoms. The van der Waals surface area contributed by atoms with Gasteiger partial charge in [0, 0.05) is 6.54 Å². The molecule has 0 saturated carbocycles. The molecule has 1 aliphatic rings. The number of carboxylic acids is 1. The molecule has 0 unspecified atom stereocenters. The number of hydrogen-bond acceptors (Lipinski definition) is 7. The Kier molecular flexibility index (Phi) is 9.29. The minimum atomic E-state index is -1.31. The molecule has 1 aromatic rings. The molecule has 12 nitrogen and oxygen atoms in total. The van der Waals surface area contributed by atoms with Crippen LogP contribution in [-0.2, 0) is 19.2 Å². The standard InChI is InChI=1S/C20H28N6O6/c1-2-3-8-31-20(30)25-16(18(28)29)11-23-17(27)10-14-9-15(26-32-14)12-4-6-13(7-5-12)24-19(21)22/h4-7,9,14,16,26H,2-3,8,10-11H2,1H3,(H,23,27)(H,25,30)(H,28,29)(H4,21,22,24)/t14-,16+/m1/s1. The normalized spacial score (nSPS) is 15.7. The zero-order valence-corrected chi connectivity index (χ0v) is 17.7. The Balaban J connectivity index is 1.83. The van der Waals surface area contributed by atoms with E-state index in [0.717, 1.165) is 12.0 Å². The van der Waals surface area contributed by atoms with Gasteiger partial charge in [0.1, 0.15) is 12.1 Å². The first-order valence-electron chi connectivity index (χ1n) is 10.0. The molecule has 2 amide bonds. The number of rotatable bonds is 11. The van der Waals surface area contributed by atoms with Crippen LogP contribution in [0.3, 0.4) is 0 Å². The van der Waals surface area contributed by atoms with Crippen molar-refractivity contribution in [2.45, 2.75) is 38.3 Å². The first-order chi connectivity index (χ1) is 15.3. The van der Waals surface area contributed by atoms with E-state index in [2.05, 4.69) is 21.1 Å². The number of carbonyl (C=O) groups is 3. The van der Waals surface area contributed by atoms with E-state index < -0.39 is 30.1 Å². The van der Waals surface area contributed by atoms with E-state index in [-0.39, 0.29) is 25.5 Å². The predicted molar refractivity (Wildman–Crippen MR) is 116 cm³/mol. The van der Waals surface area contributed by atoms with E-state index in [4.69, 9.17) is 21.0 Å². The summed E-state index contributed by atoms with van der Waals surface area (Å²) in [7, 11) is 0. The van der Waals surface area contributed by atoms with Crippen LogP contribution in [0, 0.1) is 0 Å². The van der Waals surface area contributed by atoms with Gasteiger partial charge in [0.25, 0.3) is 0 Å². The van der Waals surface area contributed by atoms with Crippen LogP contribution in [0.5, 0.6) is 0 Å². The van der Waals surface area contributed by atoms with Crippen LogP contribution < -0.4 is 27.6 Å². The molecule has 0 bridgehead atoms. The fourth-order valence-electron chi connectivity index (χ4n) is 2.68. The van der Waals surface area contributed by atoms with Gasteiger partial charge in [-0.1, -0.05) is 25.5 Å². The van der Waals surface area contributed by atoms with Gasteiger partial charge in [-0.2, -0.15) is 0 Å². The molecule has 8 N–H and O–H groups in total. The average molecular weight is 448 g/mol. The van der Waals surface area contributed by atoms with Crippen molar-refractivity contribution in [1.82, 2.24) is 16.1 Å². The second-order valence-corrected chi connectivity index (χ2v) is 6.96. The molecule has 1 heterocycles. The average Bonchev–Trinajstić information content (AvgIpc) is 3.19. The second kappa shape index (κ2) is 12.2. The van der Waals surface area contributed by atoms with Gasteiger partial charge in [-0.25, -0.2) is 14.6 Å². The smallest absolute Gasteiger partial charge is 0.407 e. The van der Waals surface area contributed by atoms with E-state index in [9.17, 15) is 19.5 Å². The zero-order valence-electron chi connectivity index (χ0n) is 17.7. The van der Waals surface area contributed by atoms with Crippen molar-refractivity contribution in [3.63, 3.8) is 0 Å². The van der Waals surface area contributed by atoms with Gasteiger partial charge in [0.2, 0.25) is 5.91 Å². The maximum Gasteiger partial charge on any atom is 0.407 e. The number of ether oxygens (including phenoxy) is 1. The zero-order chi connectivity index (χ0) is 23.5. The van der Waals surface area contributed by atoms with E-state index in [1.54, 1.807) is 30.3 Å². The molecule has 2 atom stereocenters. The highest BCUT2D eigenvalue weighted by atomic mass is 16.7. The Morgan fingerprint density at radius 3 is 2.62 bits per heavy atom. The molecule has 1 aromatic carbocycles. The van der Waals surface area contributed by atoms with Gasteiger partial charge >= 0.3 is 12.1 Å². The van der Waals surface area contributed by atoms with Gasteiger partial charge in [-0.15, -0.1) is 0 Å². The van der Waals surface area contributed by atoms with Crippen molar-refractivity contribution in [1.29, 1.82) is 0 Å². The van der Waals surface area contributed by atoms with Crippen molar-refractivity contribution < 1.29 is 29.1 Å². The third kappa shape index (κ3) is 8.14. The second-order valence-electron chi connectivity index (χ2n) is 6.96. The summed E-state index contributed by atoms with van der Waals surface area (Å²) in [6.45, 7) is 1.84. The molecule has 0 saturated heterocycles. The van der Waals surface area contributed by atoms with Gasteiger partial charge in [-0.05, 0) is 30.2 Å². The van der Waals surface area contributed by atoms with Crippen LogP contribution in [-0.4, -0.2) is 54.3 Å². The fourth-order valence-corrected chi connectivity index (χ4v) is 2.68. The number of amides is 2. The Hall–Kier alpha value is -3.80. The number of carboxylic acid groups (broad SMARTS) is 1. The van der Waals surface area contributed by atoms with Crippen molar-refractivity contribution in [3.8, 4) is 0 Å². The van der Waals surface area contributed by atoms with E-state index >= 15 is 0 Å². The highest BCUT2D eigenvalue weighted by Gasteiger charge is 2.24. The lowest BCUT2D eigenvalue weighted by atomic mass is 10.1. The number of aliphatic imine (C=N–C) groups is 1. The van der Waals surface area contributed by atoms with Crippen LogP contribution in [0.4, 0.5) is 10.5 Å². The number of nitrogens with one attached hydrogen (secondary N) is 3. The third-order valence-corrected chi connectivity index (χ3v) is 4.32. The summed E-state index contributed by atoms with van der Waals surface area (Å²) in [5.74, 6) is -1.77. The summed E-state index contributed by atoms with van der Waals surface area (Å²) < 4.78 is 4.88. The number of unbranched alkanes of at least 4 members (excludes halogenated alkanes) is 1. The maximum absolute atomic E-state index is 12.2. The van der Waals surface area contributed by atoms with Crippen LogP contribution in [0.2, 0.25) is 0 Å². The summed E-state index contributed by atoms with van der Waals surface area (Å²) in [5.41, 5.74) is 15.5. The van der Waals surface area contributed by atoms with E-state index in [1.807, 2.05) is 6.92 Å². The summed E-state index contributed by atoms with van der Waals surface area (Å²) >= 11 is 0. The third-order valence-electron chi connectivity index (χ3n) is 4.32. The summed E-state index contributed by atoms with van der Waals surface area (Å²) in [4.78, 5) is 44.5. The lowest BCUT2D eigenvalue weighted by molar-refractivity contribution is -0.139. The van der Waals surface area contributed by atoms with Gasteiger partial charge < -0.3 is 31.9 Å². The first kappa shape index (κ1) is 24.5. The quantitative estimate of drug-likeness (QED) is 0.157. The van der Waals surface area contributed by atoms with E-state index in [0.29, 0.717) is 17.8 Å². The molecule has 0 aliphatic carbocycles. The number of alkyl carbamates (subject to hydrolysis) is 1. The molecular formula is C20H28N6O6. The van der Waals surface area contributed by atoms with Crippen molar-refractivity contribution in [2.75, 3.05) is 13.2 Å². The number of nitrogens with two attached hydrogens (primary N) is 2. The summed E-state index contributed by atoms with van der Waals surface area (Å²) in [6, 6.07) is 5.71. The molecule has 2 rings (SSSR count). The highest BCUT2D eigenvalue weighted by Crippen LogP contribution is 2.22. The molecule has 0 fully saturated rings. The number of guanidine groups is 1. The molecule has 32 heavy (non-hydrogen) atoms. The predicted octanol–water partition coefficient (Wildman–Crippen LogP) is 0.322. The number of nitrogens with zero attached hydrogens (tertiary/aromatic N) is 1. The molecular weight excluding hydrogens is 420 g/mol. The van der Waals surface area contributed by atoms with E-state index in [1.165, 1.54) is 0 Å². The number of aliphatic carboxylic acids is 1. The lowest BCUT2D eigenvalue weighted by Crippen LogP contribution is -2.48. The Labute approximate surface area is 185 Å². The van der Waals surface area contributed by atoms with Crippen molar-refractivity contribution >= 4 is 35.3 Å². The summed E-state index contributed by atoms with van der Waals surface area (Å²) in [5, 5.41) is 13.9. The topological polar surface area (TPSA) is 190 Å².